The SMILES string of the molecule is C#CC(OC(C)=O)C(CC)CC=C(C)C. The predicted molar refractivity (Wildman–Crippen MR) is 62.2 cm³/mol. The van der Waals surface area contributed by atoms with Crippen LogP contribution in [0.15, 0.2) is 11.6 Å². The smallest absolute Gasteiger partial charge is 0.303 e. The van der Waals surface area contributed by atoms with Crippen LogP contribution in [0.1, 0.15) is 40.5 Å². The van der Waals surface area contributed by atoms with Crippen LogP contribution in [0.5, 0.6) is 0 Å². The largest absolute Gasteiger partial charge is 0.449 e. The van der Waals surface area contributed by atoms with Crippen LogP contribution in [0.25, 0.3) is 0 Å². The third-order valence-electron chi connectivity index (χ3n) is 2.24. The fourth-order valence-electron chi connectivity index (χ4n) is 1.34. The molecule has 2 atom stereocenters. The molecule has 0 amide bonds. The third kappa shape index (κ3) is 5.96. The molecule has 2 nitrogen and oxygen atoms in total. The summed E-state index contributed by atoms with van der Waals surface area (Å²) in [6.45, 7) is 7.53. The molecular formula is C13H20O2. The van der Waals surface area contributed by atoms with E-state index in [9.17, 15) is 4.79 Å². The first-order valence-electron chi connectivity index (χ1n) is 5.28. The van der Waals surface area contributed by atoms with E-state index in [2.05, 4.69) is 18.9 Å². The monoisotopic (exact) mass is 208 g/mol. The van der Waals surface area contributed by atoms with Gasteiger partial charge in [-0.15, -0.1) is 6.42 Å². The molecule has 0 aliphatic rings. The van der Waals surface area contributed by atoms with Crippen molar-refractivity contribution in [1.82, 2.24) is 0 Å². The van der Waals surface area contributed by atoms with Crippen LogP contribution in [-0.2, 0) is 9.53 Å². The fraction of sp³-hybridized carbons (Fsp3) is 0.615. The summed E-state index contributed by atoms with van der Waals surface area (Å²) in [6, 6.07) is 0. The van der Waals surface area contributed by atoms with E-state index in [1.54, 1.807) is 0 Å². The first-order valence-corrected chi connectivity index (χ1v) is 5.28. The predicted octanol–water partition coefficient (Wildman–Crippen LogP) is 2.93. The Morgan fingerprint density at radius 3 is 2.40 bits per heavy atom. The third-order valence-corrected chi connectivity index (χ3v) is 2.24. The minimum Gasteiger partial charge on any atom is -0.449 e. The van der Waals surface area contributed by atoms with Crippen molar-refractivity contribution in [2.75, 3.05) is 0 Å². The average molecular weight is 208 g/mol. The summed E-state index contributed by atoms with van der Waals surface area (Å²) in [4.78, 5) is 10.8. The zero-order chi connectivity index (χ0) is 11.8. The summed E-state index contributed by atoms with van der Waals surface area (Å²) in [7, 11) is 0. The van der Waals surface area contributed by atoms with E-state index in [1.165, 1.54) is 12.5 Å². The number of ether oxygens (including phenoxy) is 1. The molecule has 0 aromatic heterocycles. The molecule has 0 aliphatic carbocycles. The van der Waals surface area contributed by atoms with Gasteiger partial charge in [0.2, 0.25) is 0 Å². The molecule has 0 aliphatic heterocycles. The first-order chi connectivity index (χ1) is 7.01. The molecule has 0 heterocycles. The Bertz CT molecular complexity index is 267. The van der Waals surface area contributed by atoms with Crippen LogP contribution < -0.4 is 0 Å². The molecule has 0 spiro atoms. The number of carbonyl (C=O) groups excluding carboxylic acids is 1. The van der Waals surface area contributed by atoms with Crippen molar-refractivity contribution in [1.29, 1.82) is 0 Å². The van der Waals surface area contributed by atoms with Gasteiger partial charge in [-0.25, -0.2) is 0 Å². The highest BCUT2D eigenvalue weighted by Crippen LogP contribution is 2.18. The molecular weight excluding hydrogens is 188 g/mol. The molecule has 0 bridgehead atoms. The number of carbonyl (C=O) groups is 1. The van der Waals surface area contributed by atoms with E-state index in [-0.39, 0.29) is 11.9 Å². The molecule has 0 N–H and O–H groups in total. The molecule has 0 fully saturated rings. The summed E-state index contributed by atoms with van der Waals surface area (Å²) >= 11 is 0. The van der Waals surface area contributed by atoms with Crippen LogP contribution in [0.2, 0.25) is 0 Å². The topological polar surface area (TPSA) is 26.3 Å². The van der Waals surface area contributed by atoms with Crippen molar-refractivity contribution in [2.24, 2.45) is 5.92 Å². The highest BCUT2D eigenvalue weighted by molar-refractivity contribution is 5.66. The van der Waals surface area contributed by atoms with E-state index >= 15 is 0 Å². The average Bonchev–Trinajstić information content (AvgIpc) is 2.15. The molecule has 84 valence electrons. The maximum atomic E-state index is 10.8. The molecule has 0 rings (SSSR count). The van der Waals surface area contributed by atoms with Gasteiger partial charge in [0.25, 0.3) is 0 Å². The van der Waals surface area contributed by atoms with Gasteiger partial charge in [0.1, 0.15) is 0 Å². The lowest BCUT2D eigenvalue weighted by molar-refractivity contribution is -0.145. The lowest BCUT2D eigenvalue weighted by atomic mass is 9.95. The van der Waals surface area contributed by atoms with Crippen molar-refractivity contribution in [2.45, 2.75) is 46.6 Å². The van der Waals surface area contributed by atoms with Crippen LogP contribution in [0.3, 0.4) is 0 Å². The number of hydrogen-bond donors (Lipinski definition) is 0. The summed E-state index contributed by atoms with van der Waals surface area (Å²) in [6.07, 6.45) is 8.85. The summed E-state index contributed by atoms with van der Waals surface area (Å²) in [5, 5.41) is 0. The normalized spacial score (nSPS) is 13.5. The standard InChI is InChI=1S/C13H20O2/c1-6-12(9-8-10(3)4)13(7-2)15-11(5)14/h2,8,12-13H,6,9H2,1,3-5H3. The Hall–Kier alpha value is -1.23. The maximum Gasteiger partial charge on any atom is 0.303 e. The fourth-order valence-corrected chi connectivity index (χ4v) is 1.34. The van der Waals surface area contributed by atoms with Gasteiger partial charge in [0.05, 0.1) is 0 Å². The van der Waals surface area contributed by atoms with Gasteiger partial charge in [-0.05, 0) is 26.7 Å². The summed E-state index contributed by atoms with van der Waals surface area (Å²) < 4.78 is 5.08. The molecule has 0 radical (unpaired) electrons. The number of rotatable bonds is 5. The Kier molecular flexibility index (Phi) is 6.53. The molecule has 15 heavy (non-hydrogen) atoms. The van der Waals surface area contributed by atoms with Gasteiger partial charge in [0, 0.05) is 12.8 Å². The number of allylic oxidation sites excluding steroid dienone is 2. The van der Waals surface area contributed by atoms with Crippen LogP contribution in [0.4, 0.5) is 0 Å². The van der Waals surface area contributed by atoms with Gasteiger partial charge < -0.3 is 4.74 Å². The van der Waals surface area contributed by atoms with Gasteiger partial charge >= 0.3 is 5.97 Å². The second-order valence-corrected chi connectivity index (χ2v) is 3.88. The quantitative estimate of drug-likeness (QED) is 0.394. The van der Waals surface area contributed by atoms with Crippen molar-refractivity contribution < 1.29 is 9.53 Å². The van der Waals surface area contributed by atoms with Gasteiger partial charge in [-0.1, -0.05) is 24.5 Å². The van der Waals surface area contributed by atoms with Crippen LogP contribution in [-0.4, -0.2) is 12.1 Å². The van der Waals surface area contributed by atoms with E-state index in [0.29, 0.717) is 0 Å². The van der Waals surface area contributed by atoms with E-state index in [1.807, 2.05) is 13.8 Å². The maximum absolute atomic E-state index is 10.8. The molecule has 0 aromatic carbocycles. The first kappa shape index (κ1) is 13.8. The Labute approximate surface area is 92.7 Å². The van der Waals surface area contributed by atoms with Crippen molar-refractivity contribution in [3.63, 3.8) is 0 Å². The summed E-state index contributed by atoms with van der Waals surface area (Å²) in [5.74, 6) is 2.44. The Morgan fingerprint density at radius 1 is 1.47 bits per heavy atom. The molecule has 0 aromatic rings. The Balaban J connectivity index is 4.42. The van der Waals surface area contributed by atoms with Crippen molar-refractivity contribution >= 4 is 5.97 Å². The second kappa shape index (κ2) is 7.11. The van der Waals surface area contributed by atoms with E-state index in [4.69, 9.17) is 11.2 Å². The molecule has 2 unspecified atom stereocenters. The lowest BCUT2D eigenvalue weighted by Crippen LogP contribution is -2.23. The van der Waals surface area contributed by atoms with Gasteiger partial charge in [-0.2, -0.15) is 0 Å². The van der Waals surface area contributed by atoms with Gasteiger partial charge in [-0.3, -0.25) is 4.79 Å². The zero-order valence-electron chi connectivity index (χ0n) is 10.0. The van der Waals surface area contributed by atoms with E-state index < -0.39 is 6.10 Å². The molecule has 0 saturated heterocycles. The number of esters is 1. The second-order valence-electron chi connectivity index (χ2n) is 3.88. The van der Waals surface area contributed by atoms with E-state index in [0.717, 1.165) is 12.8 Å². The highest BCUT2D eigenvalue weighted by atomic mass is 16.5. The number of terminal acetylenes is 1. The lowest BCUT2D eigenvalue weighted by Gasteiger charge is -2.20. The summed E-state index contributed by atoms with van der Waals surface area (Å²) in [5.41, 5.74) is 1.26. The minimum atomic E-state index is -0.400. The molecule has 2 heteroatoms. The number of hydrogen-bond acceptors (Lipinski definition) is 2. The van der Waals surface area contributed by atoms with Crippen molar-refractivity contribution in [3.05, 3.63) is 11.6 Å². The van der Waals surface area contributed by atoms with Crippen molar-refractivity contribution in [3.8, 4) is 12.3 Å². The zero-order valence-corrected chi connectivity index (χ0v) is 10.0. The molecule has 0 saturated carbocycles. The minimum absolute atomic E-state index is 0.216. The van der Waals surface area contributed by atoms with Gasteiger partial charge in [0.15, 0.2) is 6.10 Å². The van der Waals surface area contributed by atoms with Crippen LogP contribution in [0, 0.1) is 18.3 Å². The highest BCUT2D eigenvalue weighted by Gasteiger charge is 2.19. The van der Waals surface area contributed by atoms with Crippen LogP contribution >= 0.6 is 0 Å². The Morgan fingerprint density at radius 2 is 2.07 bits per heavy atom.